The fourth-order valence-electron chi connectivity index (χ4n) is 1.89. The monoisotopic (exact) mass is 256 g/mol. The number of hydrogen-bond donors (Lipinski definition) is 1. The lowest BCUT2D eigenvalue weighted by Crippen LogP contribution is -2.53. The van der Waals surface area contributed by atoms with Crippen molar-refractivity contribution in [3.63, 3.8) is 0 Å². The average Bonchev–Trinajstić information content (AvgIpc) is 2.39. The van der Waals surface area contributed by atoms with E-state index in [2.05, 4.69) is 22.1 Å². The average molecular weight is 256 g/mol. The van der Waals surface area contributed by atoms with Gasteiger partial charge in [0.2, 0.25) is 0 Å². The third-order valence-corrected chi connectivity index (χ3v) is 2.75. The molecule has 6 heteroatoms. The number of rotatable bonds is 3. The van der Waals surface area contributed by atoms with Gasteiger partial charge in [-0.05, 0) is 20.8 Å². The summed E-state index contributed by atoms with van der Waals surface area (Å²) in [6, 6.07) is 0. The second-order valence-electron chi connectivity index (χ2n) is 4.00. The second-order valence-corrected chi connectivity index (χ2v) is 4.00. The maximum atomic E-state index is 11.6. The van der Waals surface area contributed by atoms with Gasteiger partial charge in [0.05, 0.1) is 6.61 Å². The standard InChI is InChI=1S/C12H24N4O2/c1-4-13-11(14-5-2)15-7-9-16(10-8-15)12(17)18-6-3/h4-10H2,1-3H3,(H,13,14). The van der Waals surface area contributed by atoms with Crippen LogP contribution in [0, 0.1) is 0 Å². The van der Waals surface area contributed by atoms with Crippen LogP contribution in [-0.2, 0) is 4.74 Å². The van der Waals surface area contributed by atoms with E-state index in [-0.39, 0.29) is 6.09 Å². The summed E-state index contributed by atoms with van der Waals surface area (Å²) >= 11 is 0. The van der Waals surface area contributed by atoms with E-state index in [0.29, 0.717) is 19.7 Å². The van der Waals surface area contributed by atoms with Gasteiger partial charge in [0.25, 0.3) is 0 Å². The third kappa shape index (κ3) is 4.09. The summed E-state index contributed by atoms with van der Waals surface area (Å²) < 4.78 is 4.99. The minimum Gasteiger partial charge on any atom is -0.450 e. The van der Waals surface area contributed by atoms with Crippen molar-refractivity contribution >= 4 is 12.1 Å². The van der Waals surface area contributed by atoms with Crippen LogP contribution >= 0.6 is 0 Å². The first-order valence-corrected chi connectivity index (χ1v) is 6.67. The molecule has 0 spiro atoms. The van der Waals surface area contributed by atoms with Crippen molar-refractivity contribution in [2.75, 3.05) is 45.9 Å². The van der Waals surface area contributed by atoms with E-state index in [4.69, 9.17) is 4.74 Å². The molecule has 0 radical (unpaired) electrons. The minimum absolute atomic E-state index is 0.213. The number of nitrogens with zero attached hydrogens (tertiary/aromatic N) is 3. The number of carbonyl (C=O) groups is 1. The first-order chi connectivity index (χ1) is 8.72. The van der Waals surface area contributed by atoms with Crippen LogP contribution in [0.5, 0.6) is 0 Å². The Hall–Kier alpha value is -1.46. The molecule has 1 amide bonds. The Morgan fingerprint density at radius 2 is 1.78 bits per heavy atom. The molecule has 104 valence electrons. The van der Waals surface area contributed by atoms with Crippen molar-refractivity contribution in [3.8, 4) is 0 Å². The molecule has 0 aromatic heterocycles. The zero-order chi connectivity index (χ0) is 13.4. The summed E-state index contributed by atoms with van der Waals surface area (Å²) in [6.45, 7) is 10.9. The Labute approximate surface area is 109 Å². The van der Waals surface area contributed by atoms with Crippen molar-refractivity contribution in [1.82, 2.24) is 15.1 Å². The van der Waals surface area contributed by atoms with Crippen molar-refractivity contribution in [2.45, 2.75) is 20.8 Å². The molecule has 1 aliphatic heterocycles. The van der Waals surface area contributed by atoms with E-state index in [1.165, 1.54) is 0 Å². The lowest BCUT2D eigenvalue weighted by atomic mass is 10.3. The number of hydrogen-bond acceptors (Lipinski definition) is 3. The van der Waals surface area contributed by atoms with Crippen molar-refractivity contribution < 1.29 is 9.53 Å². The normalized spacial score (nSPS) is 16.7. The molecule has 6 nitrogen and oxygen atoms in total. The Balaban J connectivity index is 2.46. The Bertz CT molecular complexity index is 286. The van der Waals surface area contributed by atoms with Gasteiger partial charge in [-0.1, -0.05) is 0 Å². The second kappa shape index (κ2) is 7.79. The molecule has 1 heterocycles. The molecular formula is C12H24N4O2. The molecule has 1 aliphatic rings. The van der Waals surface area contributed by atoms with Crippen molar-refractivity contribution in [1.29, 1.82) is 0 Å². The Kier molecular flexibility index (Phi) is 6.32. The molecule has 1 rings (SSSR count). The first-order valence-electron chi connectivity index (χ1n) is 6.67. The van der Waals surface area contributed by atoms with Gasteiger partial charge in [-0.15, -0.1) is 0 Å². The van der Waals surface area contributed by atoms with Gasteiger partial charge in [0.15, 0.2) is 5.96 Å². The van der Waals surface area contributed by atoms with E-state index < -0.39 is 0 Å². The Morgan fingerprint density at radius 3 is 2.28 bits per heavy atom. The zero-order valence-electron chi connectivity index (χ0n) is 11.6. The molecule has 0 saturated carbocycles. The van der Waals surface area contributed by atoms with Crippen LogP contribution in [-0.4, -0.2) is 67.7 Å². The summed E-state index contributed by atoms with van der Waals surface area (Å²) in [4.78, 5) is 19.9. The van der Waals surface area contributed by atoms with Crippen LogP contribution in [0.3, 0.4) is 0 Å². The summed E-state index contributed by atoms with van der Waals surface area (Å²) in [7, 11) is 0. The van der Waals surface area contributed by atoms with E-state index in [0.717, 1.165) is 32.1 Å². The number of nitrogens with one attached hydrogen (secondary N) is 1. The van der Waals surface area contributed by atoms with Gasteiger partial charge >= 0.3 is 6.09 Å². The van der Waals surface area contributed by atoms with Crippen LogP contribution in [0.15, 0.2) is 4.99 Å². The summed E-state index contributed by atoms with van der Waals surface area (Å²) in [5, 5.41) is 3.26. The molecule has 1 fully saturated rings. The number of ether oxygens (including phenoxy) is 1. The highest BCUT2D eigenvalue weighted by Gasteiger charge is 2.23. The van der Waals surface area contributed by atoms with Gasteiger partial charge < -0.3 is 19.9 Å². The van der Waals surface area contributed by atoms with E-state index >= 15 is 0 Å². The minimum atomic E-state index is -0.213. The van der Waals surface area contributed by atoms with Crippen LogP contribution < -0.4 is 5.32 Å². The molecule has 1 N–H and O–H groups in total. The largest absolute Gasteiger partial charge is 0.450 e. The molecule has 0 aromatic rings. The van der Waals surface area contributed by atoms with Crippen LogP contribution in [0.1, 0.15) is 20.8 Å². The Morgan fingerprint density at radius 1 is 1.17 bits per heavy atom. The topological polar surface area (TPSA) is 57.2 Å². The van der Waals surface area contributed by atoms with Gasteiger partial charge in [0.1, 0.15) is 0 Å². The molecule has 0 bridgehead atoms. The van der Waals surface area contributed by atoms with Gasteiger partial charge in [-0.3, -0.25) is 4.99 Å². The number of aliphatic imine (C=N–C) groups is 1. The first kappa shape index (κ1) is 14.6. The molecule has 18 heavy (non-hydrogen) atoms. The molecule has 0 aromatic carbocycles. The van der Waals surface area contributed by atoms with Gasteiger partial charge in [-0.25, -0.2) is 4.79 Å². The van der Waals surface area contributed by atoms with Crippen molar-refractivity contribution in [3.05, 3.63) is 0 Å². The summed E-state index contributed by atoms with van der Waals surface area (Å²) in [6.07, 6.45) is -0.213. The number of amides is 1. The predicted octanol–water partition coefficient (Wildman–Crippen LogP) is 0.746. The quantitative estimate of drug-likeness (QED) is 0.598. The highest BCUT2D eigenvalue weighted by molar-refractivity contribution is 5.80. The molecule has 1 saturated heterocycles. The maximum absolute atomic E-state index is 11.6. The maximum Gasteiger partial charge on any atom is 0.409 e. The SMILES string of the molecule is CCN=C(NCC)N1CCN(C(=O)OCC)CC1. The van der Waals surface area contributed by atoms with Crippen LogP contribution in [0.25, 0.3) is 0 Å². The fraction of sp³-hybridized carbons (Fsp3) is 0.833. The highest BCUT2D eigenvalue weighted by atomic mass is 16.6. The van der Waals surface area contributed by atoms with Gasteiger partial charge in [-0.2, -0.15) is 0 Å². The van der Waals surface area contributed by atoms with E-state index in [9.17, 15) is 4.79 Å². The smallest absolute Gasteiger partial charge is 0.409 e. The zero-order valence-corrected chi connectivity index (χ0v) is 11.6. The highest BCUT2D eigenvalue weighted by Crippen LogP contribution is 2.04. The third-order valence-electron chi connectivity index (χ3n) is 2.75. The number of guanidine groups is 1. The lowest BCUT2D eigenvalue weighted by Gasteiger charge is -2.35. The molecule has 0 unspecified atom stereocenters. The summed E-state index contributed by atoms with van der Waals surface area (Å²) in [5.74, 6) is 0.934. The molecular weight excluding hydrogens is 232 g/mol. The van der Waals surface area contributed by atoms with Gasteiger partial charge in [0, 0.05) is 39.3 Å². The molecule has 0 atom stereocenters. The van der Waals surface area contributed by atoms with Crippen molar-refractivity contribution in [2.24, 2.45) is 4.99 Å². The van der Waals surface area contributed by atoms with Crippen LogP contribution in [0.4, 0.5) is 4.79 Å². The lowest BCUT2D eigenvalue weighted by molar-refractivity contribution is 0.0914. The predicted molar refractivity (Wildman–Crippen MR) is 71.8 cm³/mol. The van der Waals surface area contributed by atoms with E-state index in [1.54, 1.807) is 4.90 Å². The summed E-state index contributed by atoms with van der Waals surface area (Å²) in [5.41, 5.74) is 0. The molecule has 0 aliphatic carbocycles. The number of piperazine rings is 1. The van der Waals surface area contributed by atoms with E-state index in [1.807, 2.05) is 13.8 Å². The number of carbonyl (C=O) groups excluding carboxylic acids is 1. The van der Waals surface area contributed by atoms with Crippen LogP contribution in [0.2, 0.25) is 0 Å². The fourth-order valence-corrected chi connectivity index (χ4v) is 1.89.